The molecule has 0 saturated carbocycles. The number of rotatable bonds is 5. The Bertz CT molecular complexity index is 829. The Morgan fingerprint density at radius 1 is 1.16 bits per heavy atom. The number of thiazole rings is 1. The number of benzene rings is 2. The van der Waals surface area contributed by atoms with E-state index in [1.165, 1.54) is 10.3 Å². The van der Waals surface area contributed by atoms with E-state index in [4.69, 9.17) is 0 Å². The lowest BCUT2D eigenvalue weighted by Gasteiger charge is -2.23. The van der Waals surface area contributed by atoms with Gasteiger partial charge in [-0.15, -0.1) is 11.3 Å². The second kappa shape index (κ2) is 7.33. The van der Waals surface area contributed by atoms with Crippen molar-refractivity contribution in [2.75, 3.05) is 6.54 Å². The van der Waals surface area contributed by atoms with Crippen LogP contribution in [0.1, 0.15) is 23.4 Å². The molecule has 0 spiro atoms. The first-order valence-electron chi connectivity index (χ1n) is 8.70. The standard InChI is InChI=1S/C20H21N3OS/c24-20(21-13-19-22-16-9-4-5-11-18(16)25-19)17-10-6-12-23(17)14-15-7-2-1-3-8-15/h1-5,7-9,11,17H,6,10,12-14H2,(H,21,24). The number of hydrogen-bond acceptors (Lipinski definition) is 4. The van der Waals surface area contributed by atoms with Crippen LogP contribution >= 0.6 is 11.3 Å². The molecule has 4 rings (SSSR count). The number of hydrogen-bond donors (Lipinski definition) is 1. The molecule has 1 N–H and O–H groups in total. The Morgan fingerprint density at radius 2 is 1.96 bits per heavy atom. The largest absolute Gasteiger partial charge is 0.348 e. The molecule has 2 heterocycles. The number of nitrogens with one attached hydrogen (secondary N) is 1. The topological polar surface area (TPSA) is 45.2 Å². The predicted molar refractivity (Wildman–Crippen MR) is 101 cm³/mol. The number of fused-ring (bicyclic) bond motifs is 1. The zero-order valence-corrected chi connectivity index (χ0v) is 14.8. The van der Waals surface area contributed by atoms with Crippen LogP contribution in [-0.2, 0) is 17.9 Å². The molecule has 25 heavy (non-hydrogen) atoms. The fourth-order valence-electron chi connectivity index (χ4n) is 3.41. The van der Waals surface area contributed by atoms with Crippen molar-refractivity contribution < 1.29 is 4.79 Å². The summed E-state index contributed by atoms with van der Waals surface area (Å²) in [7, 11) is 0. The third-order valence-corrected chi connectivity index (χ3v) is 5.68. The van der Waals surface area contributed by atoms with Crippen LogP contribution in [0.2, 0.25) is 0 Å². The molecule has 1 unspecified atom stereocenters. The van der Waals surface area contributed by atoms with Crippen LogP contribution in [0.25, 0.3) is 10.2 Å². The van der Waals surface area contributed by atoms with Crippen molar-refractivity contribution in [3.63, 3.8) is 0 Å². The Hall–Kier alpha value is -2.24. The van der Waals surface area contributed by atoms with E-state index in [1.807, 2.05) is 36.4 Å². The Labute approximate surface area is 151 Å². The molecule has 1 aromatic heterocycles. The second-order valence-electron chi connectivity index (χ2n) is 6.41. The van der Waals surface area contributed by atoms with Gasteiger partial charge in [0, 0.05) is 6.54 Å². The third-order valence-electron chi connectivity index (χ3n) is 4.65. The van der Waals surface area contributed by atoms with Crippen LogP contribution in [0, 0.1) is 0 Å². The minimum absolute atomic E-state index is 0.0328. The summed E-state index contributed by atoms with van der Waals surface area (Å²) in [5.41, 5.74) is 2.26. The van der Waals surface area contributed by atoms with Gasteiger partial charge in [-0.3, -0.25) is 9.69 Å². The first-order chi connectivity index (χ1) is 12.3. The SMILES string of the molecule is O=C(NCc1nc2ccccc2s1)C1CCCN1Cc1ccccc1. The smallest absolute Gasteiger partial charge is 0.237 e. The van der Waals surface area contributed by atoms with E-state index in [0.29, 0.717) is 6.54 Å². The summed E-state index contributed by atoms with van der Waals surface area (Å²) in [5, 5.41) is 4.05. The number of carbonyl (C=O) groups excluding carboxylic acids is 1. The summed E-state index contributed by atoms with van der Waals surface area (Å²) >= 11 is 1.65. The van der Waals surface area contributed by atoms with Gasteiger partial charge in [-0.05, 0) is 37.1 Å². The van der Waals surface area contributed by atoms with Gasteiger partial charge in [0.05, 0.1) is 22.8 Å². The highest BCUT2D eigenvalue weighted by Crippen LogP contribution is 2.23. The molecule has 1 atom stereocenters. The van der Waals surface area contributed by atoms with E-state index in [-0.39, 0.29) is 11.9 Å². The molecule has 128 valence electrons. The van der Waals surface area contributed by atoms with Crippen molar-refractivity contribution in [1.82, 2.24) is 15.2 Å². The van der Waals surface area contributed by atoms with Gasteiger partial charge in [-0.2, -0.15) is 0 Å². The van der Waals surface area contributed by atoms with Crippen molar-refractivity contribution >= 4 is 27.5 Å². The molecule has 0 bridgehead atoms. The molecule has 1 aliphatic heterocycles. The van der Waals surface area contributed by atoms with Crippen LogP contribution in [0.4, 0.5) is 0 Å². The lowest BCUT2D eigenvalue weighted by atomic mass is 10.1. The van der Waals surface area contributed by atoms with Gasteiger partial charge in [0.15, 0.2) is 0 Å². The maximum Gasteiger partial charge on any atom is 0.237 e. The molecule has 5 heteroatoms. The molecule has 4 nitrogen and oxygen atoms in total. The molecule has 1 aliphatic rings. The fourth-order valence-corrected chi connectivity index (χ4v) is 4.31. The fraction of sp³-hybridized carbons (Fsp3) is 0.300. The average Bonchev–Trinajstić information content (AvgIpc) is 3.27. The summed E-state index contributed by atoms with van der Waals surface area (Å²) in [4.78, 5) is 19.5. The molecule has 3 aromatic rings. The average molecular weight is 351 g/mol. The number of carbonyl (C=O) groups is 1. The summed E-state index contributed by atoms with van der Waals surface area (Å²) in [5.74, 6) is 0.118. The van der Waals surface area contributed by atoms with E-state index in [2.05, 4.69) is 33.4 Å². The predicted octanol–water partition coefficient (Wildman–Crippen LogP) is 3.58. The molecule has 2 aromatic carbocycles. The van der Waals surface area contributed by atoms with Gasteiger partial charge in [-0.25, -0.2) is 4.98 Å². The summed E-state index contributed by atoms with van der Waals surface area (Å²) in [6.07, 6.45) is 2.00. The highest BCUT2D eigenvalue weighted by Gasteiger charge is 2.30. The van der Waals surface area contributed by atoms with Gasteiger partial charge in [0.1, 0.15) is 5.01 Å². The lowest BCUT2D eigenvalue weighted by molar-refractivity contribution is -0.125. The van der Waals surface area contributed by atoms with Gasteiger partial charge >= 0.3 is 0 Å². The van der Waals surface area contributed by atoms with Crippen LogP contribution in [0.5, 0.6) is 0 Å². The summed E-state index contributed by atoms with van der Waals surface area (Å²) in [6, 6.07) is 18.4. The van der Waals surface area contributed by atoms with Gasteiger partial charge < -0.3 is 5.32 Å². The van der Waals surface area contributed by atoms with Crippen molar-refractivity contribution in [3.8, 4) is 0 Å². The molecule has 0 radical (unpaired) electrons. The van der Waals surface area contributed by atoms with Crippen molar-refractivity contribution in [1.29, 1.82) is 0 Å². The number of amides is 1. The van der Waals surface area contributed by atoms with Crippen molar-refractivity contribution in [2.24, 2.45) is 0 Å². The normalized spacial score (nSPS) is 17.8. The number of para-hydroxylation sites is 1. The zero-order chi connectivity index (χ0) is 17.1. The van der Waals surface area contributed by atoms with E-state index >= 15 is 0 Å². The van der Waals surface area contributed by atoms with Gasteiger partial charge in [0.25, 0.3) is 0 Å². The van der Waals surface area contributed by atoms with Crippen molar-refractivity contribution in [3.05, 3.63) is 65.2 Å². The van der Waals surface area contributed by atoms with Crippen LogP contribution < -0.4 is 5.32 Å². The van der Waals surface area contributed by atoms with Crippen molar-refractivity contribution in [2.45, 2.75) is 32.0 Å². The number of aromatic nitrogens is 1. The molecular weight excluding hydrogens is 330 g/mol. The van der Waals surface area contributed by atoms with E-state index in [0.717, 1.165) is 36.5 Å². The number of likely N-dealkylation sites (tertiary alicyclic amines) is 1. The zero-order valence-electron chi connectivity index (χ0n) is 14.0. The van der Waals surface area contributed by atoms with E-state index < -0.39 is 0 Å². The monoisotopic (exact) mass is 351 g/mol. The van der Waals surface area contributed by atoms with Crippen LogP contribution in [-0.4, -0.2) is 28.4 Å². The quantitative estimate of drug-likeness (QED) is 0.764. The van der Waals surface area contributed by atoms with Crippen LogP contribution in [0.3, 0.4) is 0 Å². The Balaban J connectivity index is 1.38. The Morgan fingerprint density at radius 3 is 2.80 bits per heavy atom. The number of nitrogens with zero attached hydrogens (tertiary/aromatic N) is 2. The maximum atomic E-state index is 12.7. The Kier molecular flexibility index (Phi) is 4.76. The van der Waals surface area contributed by atoms with E-state index in [9.17, 15) is 4.79 Å². The summed E-state index contributed by atoms with van der Waals surface area (Å²) < 4.78 is 1.17. The molecule has 0 aliphatic carbocycles. The third kappa shape index (κ3) is 3.72. The molecule has 1 amide bonds. The lowest BCUT2D eigenvalue weighted by Crippen LogP contribution is -2.42. The van der Waals surface area contributed by atoms with Gasteiger partial charge in [-0.1, -0.05) is 42.5 Å². The molecule has 1 saturated heterocycles. The minimum atomic E-state index is -0.0328. The first kappa shape index (κ1) is 16.2. The van der Waals surface area contributed by atoms with E-state index in [1.54, 1.807) is 11.3 Å². The van der Waals surface area contributed by atoms with Crippen LogP contribution in [0.15, 0.2) is 54.6 Å². The second-order valence-corrected chi connectivity index (χ2v) is 7.52. The highest BCUT2D eigenvalue weighted by molar-refractivity contribution is 7.18. The summed E-state index contributed by atoms with van der Waals surface area (Å²) in [6.45, 7) is 2.32. The minimum Gasteiger partial charge on any atom is -0.348 e. The highest BCUT2D eigenvalue weighted by atomic mass is 32.1. The molecule has 1 fully saturated rings. The first-order valence-corrected chi connectivity index (χ1v) is 9.51. The maximum absolute atomic E-state index is 12.7. The van der Waals surface area contributed by atoms with Gasteiger partial charge in [0.2, 0.25) is 5.91 Å². The molecular formula is C20H21N3OS.